The van der Waals surface area contributed by atoms with Gasteiger partial charge < -0.3 is 11.5 Å². The van der Waals surface area contributed by atoms with Gasteiger partial charge in [0.05, 0.1) is 6.04 Å². The maximum Gasteiger partial charge on any atom is 0.436 e. The molecule has 1 aromatic carbocycles. The highest BCUT2D eigenvalue weighted by atomic mass is 19.4. The molecule has 0 aliphatic carbocycles. The lowest BCUT2D eigenvalue weighted by molar-refractivity contribution is -0.141. The molecule has 2 aromatic rings. The number of carbonyl (C=O) groups excluding carboxylic acids is 1. The number of amides is 1. The largest absolute Gasteiger partial charge is 0.436 e. The minimum atomic E-state index is -4.81. The molecular weight excluding hydrogens is 297 g/mol. The van der Waals surface area contributed by atoms with E-state index in [1.54, 1.807) is 19.1 Å². The molecule has 5 nitrogen and oxygen atoms in total. The average Bonchev–Trinajstić information content (AvgIpc) is 2.76. The summed E-state index contributed by atoms with van der Waals surface area (Å²) in [6.07, 6.45) is -4.81. The highest BCUT2D eigenvalue weighted by Crippen LogP contribution is 2.35. The number of alkyl halides is 3. The first-order valence-corrected chi connectivity index (χ1v) is 6.44. The van der Waals surface area contributed by atoms with E-state index < -0.39 is 35.2 Å². The third-order valence-corrected chi connectivity index (χ3v) is 3.39. The lowest BCUT2D eigenvalue weighted by Crippen LogP contribution is -2.19. The molecule has 22 heavy (non-hydrogen) atoms. The molecule has 2 rings (SSSR count). The van der Waals surface area contributed by atoms with Crippen LogP contribution in [0.4, 0.5) is 19.0 Å². The second kappa shape index (κ2) is 5.36. The zero-order chi connectivity index (χ0) is 16.7. The third kappa shape index (κ3) is 2.76. The van der Waals surface area contributed by atoms with E-state index >= 15 is 0 Å². The Morgan fingerprint density at radius 3 is 2.23 bits per heavy atom. The third-order valence-electron chi connectivity index (χ3n) is 3.39. The van der Waals surface area contributed by atoms with Crippen LogP contribution in [0.3, 0.4) is 0 Å². The summed E-state index contributed by atoms with van der Waals surface area (Å²) in [5.41, 5.74) is 10.2. The first kappa shape index (κ1) is 15.9. The number of nitrogens with zero attached hydrogens (tertiary/aromatic N) is 2. The SMILES string of the molecule is Cc1ccc(C(C)n2nc(C(F)(F)F)c(C(N)=O)c2N)cc1. The Kier molecular flexibility index (Phi) is 3.87. The molecule has 0 fully saturated rings. The number of hydrogen-bond donors (Lipinski definition) is 2. The van der Waals surface area contributed by atoms with Crippen molar-refractivity contribution in [2.45, 2.75) is 26.1 Å². The fourth-order valence-corrected chi connectivity index (χ4v) is 2.17. The molecule has 1 atom stereocenters. The van der Waals surface area contributed by atoms with E-state index in [9.17, 15) is 18.0 Å². The predicted molar refractivity (Wildman–Crippen MR) is 75.2 cm³/mol. The van der Waals surface area contributed by atoms with Gasteiger partial charge in [-0.1, -0.05) is 29.8 Å². The maximum absolute atomic E-state index is 13.0. The molecule has 0 radical (unpaired) electrons. The van der Waals surface area contributed by atoms with E-state index in [1.165, 1.54) is 0 Å². The van der Waals surface area contributed by atoms with Crippen LogP contribution in [0.5, 0.6) is 0 Å². The first-order chi connectivity index (χ1) is 10.1. The van der Waals surface area contributed by atoms with Gasteiger partial charge in [-0.05, 0) is 19.4 Å². The Balaban J connectivity index is 2.56. The summed E-state index contributed by atoms with van der Waals surface area (Å²) in [5.74, 6) is -1.65. The molecule has 0 saturated carbocycles. The second-order valence-electron chi connectivity index (χ2n) is 5.00. The van der Waals surface area contributed by atoms with Crippen LogP contribution in [0.1, 0.15) is 40.1 Å². The lowest BCUT2D eigenvalue weighted by Gasteiger charge is -2.14. The van der Waals surface area contributed by atoms with E-state index in [0.717, 1.165) is 10.2 Å². The number of anilines is 1. The highest BCUT2D eigenvalue weighted by Gasteiger charge is 2.41. The fraction of sp³-hybridized carbons (Fsp3) is 0.286. The molecule has 8 heteroatoms. The van der Waals surface area contributed by atoms with E-state index in [2.05, 4.69) is 5.10 Å². The summed E-state index contributed by atoms with van der Waals surface area (Å²) in [7, 11) is 0. The summed E-state index contributed by atoms with van der Waals surface area (Å²) in [6, 6.07) is 6.60. The van der Waals surface area contributed by atoms with Crippen molar-refractivity contribution in [3.63, 3.8) is 0 Å². The Bertz CT molecular complexity index is 704. The zero-order valence-corrected chi connectivity index (χ0v) is 12.0. The van der Waals surface area contributed by atoms with Gasteiger partial charge in [0.2, 0.25) is 0 Å². The normalized spacial score (nSPS) is 13.1. The van der Waals surface area contributed by atoms with Crippen molar-refractivity contribution in [3.05, 3.63) is 46.6 Å². The summed E-state index contributed by atoms with van der Waals surface area (Å²) in [5, 5.41) is 3.47. The number of nitrogens with two attached hydrogens (primary N) is 2. The van der Waals surface area contributed by atoms with Crippen molar-refractivity contribution in [2.24, 2.45) is 5.73 Å². The average molecular weight is 312 g/mol. The van der Waals surface area contributed by atoms with E-state index in [1.807, 2.05) is 19.1 Å². The summed E-state index contributed by atoms with van der Waals surface area (Å²) < 4.78 is 39.9. The molecule has 0 spiro atoms. The predicted octanol–water partition coefficient (Wildman–Crippen LogP) is 2.50. The second-order valence-corrected chi connectivity index (χ2v) is 5.00. The van der Waals surface area contributed by atoms with Crippen molar-refractivity contribution in [3.8, 4) is 0 Å². The highest BCUT2D eigenvalue weighted by molar-refractivity contribution is 5.98. The number of hydrogen-bond acceptors (Lipinski definition) is 3. The van der Waals surface area contributed by atoms with Crippen molar-refractivity contribution in [1.29, 1.82) is 0 Å². The van der Waals surface area contributed by atoms with Gasteiger partial charge in [-0.25, -0.2) is 4.68 Å². The number of nitrogen functional groups attached to an aromatic ring is 1. The quantitative estimate of drug-likeness (QED) is 0.913. The lowest BCUT2D eigenvalue weighted by atomic mass is 10.1. The molecule has 0 aliphatic heterocycles. The molecule has 1 unspecified atom stereocenters. The smallest absolute Gasteiger partial charge is 0.383 e. The van der Waals surface area contributed by atoms with Gasteiger partial charge in [0, 0.05) is 0 Å². The van der Waals surface area contributed by atoms with Gasteiger partial charge in [-0.15, -0.1) is 0 Å². The molecule has 1 heterocycles. The van der Waals surface area contributed by atoms with Crippen LogP contribution < -0.4 is 11.5 Å². The maximum atomic E-state index is 13.0. The number of carbonyl (C=O) groups is 1. The minimum absolute atomic E-state index is 0.395. The molecule has 0 bridgehead atoms. The van der Waals surface area contributed by atoms with Gasteiger partial charge in [0.15, 0.2) is 5.69 Å². The van der Waals surface area contributed by atoms with Gasteiger partial charge >= 0.3 is 6.18 Å². The number of aryl methyl sites for hydroxylation is 1. The van der Waals surface area contributed by atoms with Gasteiger partial charge in [0.25, 0.3) is 5.91 Å². The number of aromatic nitrogens is 2. The first-order valence-electron chi connectivity index (χ1n) is 6.44. The van der Waals surface area contributed by atoms with E-state index in [4.69, 9.17) is 11.5 Å². The zero-order valence-electron chi connectivity index (χ0n) is 12.0. The fourth-order valence-electron chi connectivity index (χ4n) is 2.17. The Labute approximate surface area is 124 Å². The molecule has 118 valence electrons. The van der Waals surface area contributed by atoms with E-state index in [-0.39, 0.29) is 0 Å². The summed E-state index contributed by atoms with van der Waals surface area (Å²) in [6.45, 7) is 3.53. The molecule has 1 amide bonds. The molecule has 4 N–H and O–H groups in total. The molecule has 1 aromatic heterocycles. The Hall–Kier alpha value is -2.51. The molecule has 0 saturated heterocycles. The van der Waals surface area contributed by atoms with Crippen molar-refractivity contribution in [1.82, 2.24) is 9.78 Å². The molecule has 0 aliphatic rings. The van der Waals surface area contributed by atoms with Crippen molar-refractivity contribution >= 4 is 11.7 Å². The molecular formula is C14H15F3N4O. The minimum Gasteiger partial charge on any atom is -0.383 e. The summed E-state index contributed by atoms with van der Waals surface area (Å²) >= 11 is 0. The standard InChI is InChI=1S/C14H15F3N4O/c1-7-3-5-9(6-4-7)8(2)21-12(18)10(13(19)22)11(20-21)14(15,16)17/h3-6,8H,18H2,1-2H3,(H2,19,22). The Morgan fingerprint density at radius 1 is 1.27 bits per heavy atom. The van der Waals surface area contributed by atoms with Crippen LogP contribution in [0.15, 0.2) is 24.3 Å². The van der Waals surface area contributed by atoms with Crippen LogP contribution >= 0.6 is 0 Å². The monoisotopic (exact) mass is 312 g/mol. The van der Waals surface area contributed by atoms with Crippen molar-refractivity contribution < 1.29 is 18.0 Å². The van der Waals surface area contributed by atoms with Gasteiger partial charge in [-0.3, -0.25) is 4.79 Å². The van der Waals surface area contributed by atoms with Crippen LogP contribution in [-0.2, 0) is 6.18 Å². The van der Waals surface area contributed by atoms with Gasteiger partial charge in [-0.2, -0.15) is 18.3 Å². The van der Waals surface area contributed by atoms with Crippen LogP contribution in [0.25, 0.3) is 0 Å². The van der Waals surface area contributed by atoms with Crippen LogP contribution in [0.2, 0.25) is 0 Å². The number of rotatable bonds is 3. The van der Waals surface area contributed by atoms with Gasteiger partial charge in [0.1, 0.15) is 11.4 Å². The van der Waals surface area contributed by atoms with Crippen LogP contribution in [0, 0.1) is 6.92 Å². The van der Waals surface area contributed by atoms with Crippen molar-refractivity contribution in [2.75, 3.05) is 5.73 Å². The topological polar surface area (TPSA) is 86.9 Å². The van der Waals surface area contributed by atoms with E-state index in [0.29, 0.717) is 5.56 Å². The summed E-state index contributed by atoms with van der Waals surface area (Å²) in [4.78, 5) is 11.3. The Morgan fingerprint density at radius 2 is 1.82 bits per heavy atom. The number of halogens is 3. The number of primary amides is 1. The van der Waals surface area contributed by atoms with Crippen LogP contribution in [-0.4, -0.2) is 15.7 Å². The number of benzene rings is 1.